The lowest BCUT2D eigenvalue weighted by Gasteiger charge is -2.31. The van der Waals surface area contributed by atoms with Crippen LogP contribution in [0.1, 0.15) is 62.5 Å². The normalized spacial score (nSPS) is 28.0. The third-order valence-electron chi connectivity index (χ3n) is 6.44. The fourth-order valence-corrected chi connectivity index (χ4v) is 4.32. The number of nitrogens with one attached hydrogen (secondary N) is 3. The second-order valence-corrected chi connectivity index (χ2v) is 8.52. The summed E-state index contributed by atoms with van der Waals surface area (Å²) in [7, 11) is 0. The van der Waals surface area contributed by atoms with Crippen LogP contribution in [0.15, 0.2) is 0 Å². The Morgan fingerprint density at radius 3 is 2.89 bits per heavy atom. The molecular weight excluding hydrogens is 363 g/mol. The Bertz CT molecular complexity index is 725. The summed E-state index contributed by atoms with van der Waals surface area (Å²) in [5, 5.41) is 12.9. The minimum Gasteiger partial charge on any atom is -0.354 e. The van der Waals surface area contributed by atoms with E-state index in [1.165, 1.54) is 6.42 Å². The van der Waals surface area contributed by atoms with Crippen LogP contribution in [0.2, 0.25) is 0 Å². The van der Waals surface area contributed by atoms with Crippen molar-refractivity contribution >= 4 is 17.8 Å². The van der Waals surface area contributed by atoms with Gasteiger partial charge in [0.15, 0.2) is 0 Å². The minimum absolute atomic E-state index is 0.00491. The van der Waals surface area contributed by atoms with Gasteiger partial charge < -0.3 is 16.0 Å². The zero-order chi connectivity index (χ0) is 19.7. The molecule has 2 fully saturated rings. The van der Waals surface area contributed by atoms with Crippen molar-refractivity contribution in [3.05, 3.63) is 5.82 Å². The summed E-state index contributed by atoms with van der Waals surface area (Å²) in [4.78, 5) is 28.8. The van der Waals surface area contributed by atoms with E-state index in [1.807, 2.05) is 6.92 Å². The number of anilines is 1. The predicted octanol–water partition coefficient (Wildman–Crippen LogP) is 1.64. The zero-order valence-electron chi connectivity index (χ0n) is 16.3. The van der Waals surface area contributed by atoms with Gasteiger partial charge in [-0.1, -0.05) is 13.3 Å². The molecule has 3 atom stereocenters. The number of hydrogen-bond donors (Lipinski definition) is 3. The molecule has 2 saturated carbocycles. The monoisotopic (exact) mass is 392 g/mol. The van der Waals surface area contributed by atoms with Crippen LogP contribution in [0.25, 0.3) is 0 Å². The third kappa shape index (κ3) is 3.98. The van der Waals surface area contributed by atoms with E-state index in [0.717, 1.165) is 32.4 Å². The number of nitrogens with zero attached hydrogens (tertiary/aromatic N) is 3. The number of rotatable bonds is 6. The largest absolute Gasteiger partial charge is 0.354 e. The Hall–Kier alpha value is -2.19. The molecule has 8 nitrogen and oxygen atoms in total. The predicted molar refractivity (Wildman–Crippen MR) is 102 cm³/mol. The number of aromatic nitrogens is 3. The highest BCUT2D eigenvalue weighted by molar-refractivity contribution is 5.90. The molecule has 0 aromatic carbocycles. The summed E-state index contributed by atoms with van der Waals surface area (Å²) in [5.74, 6) is 0.670. The lowest BCUT2D eigenvalue weighted by atomic mass is 9.76. The van der Waals surface area contributed by atoms with E-state index in [4.69, 9.17) is 0 Å². The Kier molecular flexibility index (Phi) is 5.25. The topological polar surface area (TPSA) is 101 Å². The van der Waals surface area contributed by atoms with Crippen molar-refractivity contribution in [1.82, 2.24) is 25.4 Å². The van der Waals surface area contributed by atoms with Crippen LogP contribution in [-0.4, -0.2) is 51.4 Å². The molecule has 2 aliphatic carbocycles. The molecule has 1 aliphatic heterocycles. The van der Waals surface area contributed by atoms with Crippen molar-refractivity contribution in [2.75, 3.05) is 18.4 Å². The van der Waals surface area contributed by atoms with Gasteiger partial charge in [0, 0.05) is 31.5 Å². The number of halogens is 1. The first-order chi connectivity index (χ1) is 13.4. The Morgan fingerprint density at radius 2 is 2.18 bits per heavy atom. The van der Waals surface area contributed by atoms with Crippen LogP contribution < -0.4 is 16.0 Å². The molecule has 3 N–H and O–H groups in total. The first-order valence-corrected chi connectivity index (χ1v) is 10.4. The maximum atomic E-state index is 15.1. The smallest absolute Gasteiger partial charge is 0.291 e. The summed E-state index contributed by atoms with van der Waals surface area (Å²) >= 11 is 0. The fraction of sp³-hybridized carbons (Fsp3) is 0.789. The second kappa shape index (κ2) is 7.67. The van der Waals surface area contributed by atoms with E-state index < -0.39 is 11.6 Å². The molecule has 9 heteroatoms. The van der Waals surface area contributed by atoms with E-state index in [0.29, 0.717) is 24.7 Å². The lowest BCUT2D eigenvalue weighted by Crippen LogP contribution is -2.43. The molecular formula is C19H29FN6O2. The van der Waals surface area contributed by atoms with Gasteiger partial charge in [0.2, 0.25) is 17.7 Å². The highest BCUT2D eigenvalue weighted by Crippen LogP contribution is 2.35. The fourth-order valence-electron chi connectivity index (χ4n) is 4.32. The number of aryl methyl sites for hydroxylation is 1. The minimum atomic E-state index is -1.51. The Labute approximate surface area is 164 Å². The highest BCUT2D eigenvalue weighted by atomic mass is 19.1. The summed E-state index contributed by atoms with van der Waals surface area (Å²) in [5.41, 5.74) is -1.51. The summed E-state index contributed by atoms with van der Waals surface area (Å²) in [6.45, 7) is 3.40. The number of alkyl halides is 1. The molecule has 1 aromatic heterocycles. The van der Waals surface area contributed by atoms with Crippen LogP contribution >= 0.6 is 0 Å². The molecule has 1 unspecified atom stereocenters. The lowest BCUT2D eigenvalue weighted by molar-refractivity contribution is -0.127. The quantitative estimate of drug-likeness (QED) is 0.683. The summed E-state index contributed by atoms with van der Waals surface area (Å²) in [6.07, 6.45) is 5.49. The average molecular weight is 392 g/mol. The van der Waals surface area contributed by atoms with Crippen LogP contribution in [-0.2, 0) is 11.3 Å². The van der Waals surface area contributed by atoms with Crippen molar-refractivity contribution in [2.45, 2.75) is 70.1 Å². The van der Waals surface area contributed by atoms with Gasteiger partial charge in [0.05, 0.1) is 6.54 Å². The van der Waals surface area contributed by atoms with Crippen LogP contribution in [0.5, 0.6) is 0 Å². The van der Waals surface area contributed by atoms with Crippen LogP contribution in [0.4, 0.5) is 10.3 Å². The number of carbonyl (C=O) groups is 2. The van der Waals surface area contributed by atoms with Gasteiger partial charge in [0.25, 0.3) is 5.91 Å². The molecule has 3 aliphatic rings. The number of fused-ring (bicyclic) bond motifs is 1. The first-order valence-electron chi connectivity index (χ1n) is 10.4. The van der Waals surface area contributed by atoms with Gasteiger partial charge in [-0.25, -0.2) is 9.07 Å². The summed E-state index contributed by atoms with van der Waals surface area (Å²) < 4.78 is 16.8. The van der Waals surface area contributed by atoms with Crippen LogP contribution in [0.3, 0.4) is 0 Å². The maximum absolute atomic E-state index is 15.1. The number of hydrogen-bond acceptors (Lipinski definition) is 5. The molecule has 28 heavy (non-hydrogen) atoms. The van der Waals surface area contributed by atoms with E-state index >= 15 is 4.39 Å². The molecule has 4 rings (SSSR count). The van der Waals surface area contributed by atoms with Crippen LogP contribution in [0, 0.1) is 11.8 Å². The summed E-state index contributed by atoms with van der Waals surface area (Å²) in [6, 6.07) is -0.167. The van der Waals surface area contributed by atoms with Gasteiger partial charge in [-0.15, -0.1) is 5.10 Å². The van der Waals surface area contributed by atoms with Gasteiger partial charge in [-0.2, -0.15) is 4.98 Å². The van der Waals surface area contributed by atoms with Crippen molar-refractivity contribution in [3.63, 3.8) is 0 Å². The van der Waals surface area contributed by atoms with E-state index in [1.54, 1.807) is 4.68 Å². The van der Waals surface area contributed by atoms with Crippen molar-refractivity contribution in [1.29, 1.82) is 0 Å². The number of amides is 2. The molecule has 0 spiro atoms. The van der Waals surface area contributed by atoms with Gasteiger partial charge in [0.1, 0.15) is 5.67 Å². The van der Waals surface area contributed by atoms with Crippen molar-refractivity contribution in [3.8, 4) is 0 Å². The molecule has 2 amide bonds. The molecule has 2 heterocycles. The highest BCUT2D eigenvalue weighted by Gasteiger charge is 2.41. The zero-order valence-corrected chi connectivity index (χ0v) is 16.3. The first kappa shape index (κ1) is 19.1. The molecule has 1 aromatic rings. The molecule has 0 bridgehead atoms. The molecule has 0 saturated heterocycles. The SMILES string of the molecule is CC(C(=O)N[C@@H]1CC[C@](F)(CNC(=O)c2nc3n(n2)CCCN3)C1)C1CCC1. The van der Waals surface area contributed by atoms with E-state index in [9.17, 15) is 9.59 Å². The Morgan fingerprint density at radius 1 is 1.36 bits per heavy atom. The molecule has 0 radical (unpaired) electrons. The van der Waals surface area contributed by atoms with Crippen molar-refractivity contribution < 1.29 is 14.0 Å². The van der Waals surface area contributed by atoms with E-state index in [2.05, 4.69) is 26.0 Å². The average Bonchev–Trinajstić information content (AvgIpc) is 3.22. The number of carbonyl (C=O) groups excluding carboxylic acids is 2. The van der Waals surface area contributed by atoms with Gasteiger partial charge in [-0.3, -0.25) is 9.59 Å². The molecule has 154 valence electrons. The van der Waals surface area contributed by atoms with Gasteiger partial charge >= 0.3 is 0 Å². The Balaban J connectivity index is 1.26. The van der Waals surface area contributed by atoms with Gasteiger partial charge in [-0.05, 0) is 38.0 Å². The standard InChI is InChI=1S/C19H29FN6O2/c1-12(13-4-2-5-13)16(27)23-14-6-7-19(20,10-14)11-22-17(28)15-24-18-21-8-3-9-26(18)25-15/h12-14H,2-11H2,1H3,(H,22,28)(H,23,27)(H,21,24,25)/t12?,14-,19-/m1/s1. The van der Waals surface area contributed by atoms with Crippen molar-refractivity contribution in [2.24, 2.45) is 11.8 Å². The maximum Gasteiger partial charge on any atom is 0.291 e. The van der Waals surface area contributed by atoms with E-state index in [-0.39, 0.29) is 36.7 Å². The second-order valence-electron chi connectivity index (χ2n) is 8.52. The third-order valence-corrected chi connectivity index (χ3v) is 6.44.